The largest absolute Gasteiger partial charge is 0.416 e. The molecule has 0 saturated carbocycles. The van der Waals surface area contributed by atoms with Gasteiger partial charge in [-0.25, -0.2) is 0 Å². The molecule has 4 rings (SSSR count). The van der Waals surface area contributed by atoms with Crippen LogP contribution < -0.4 is 0 Å². The Bertz CT molecular complexity index is 723. The molecule has 0 spiro atoms. The minimum absolute atomic E-state index is 0.124. The minimum Gasteiger partial charge on any atom is -0.383 e. The third kappa shape index (κ3) is 6.94. The minimum atomic E-state index is -4.29. The van der Waals surface area contributed by atoms with E-state index in [9.17, 15) is 13.2 Å². The quantitative estimate of drug-likeness (QED) is 0.558. The molecule has 1 aromatic rings. The van der Waals surface area contributed by atoms with Crippen LogP contribution in [0.5, 0.6) is 0 Å². The molecule has 8 heteroatoms. The third-order valence-electron chi connectivity index (χ3n) is 7.98. The highest BCUT2D eigenvalue weighted by Crippen LogP contribution is 2.32. The summed E-state index contributed by atoms with van der Waals surface area (Å²) in [6, 6.07) is 6.72. The van der Waals surface area contributed by atoms with E-state index in [-0.39, 0.29) is 6.04 Å². The molecule has 3 aliphatic rings. The topological polar surface area (TPSA) is 22.2 Å². The molecule has 1 atom stereocenters. The van der Waals surface area contributed by atoms with Crippen LogP contribution in [0.15, 0.2) is 24.3 Å². The molecule has 3 aliphatic heterocycles. The van der Waals surface area contributed by atoms with E-state index < -0.39 is 11.7 Å². The fourth-order valence-corrected chi connectivity index (χ4v) is 5.84. The van der Waals surface area contributed by atoms with Crippen LogP contribution in [0.3, 0.4) is 0 Å². The van der Waals surface area contributed by atoms with Gasteiger partial charge >= 0.3 is 6.18 Å². The average molecular weight is 483 g/mol. The summed E-state index contributed by atoms with van der Waals surface area (Å²) in [5.74, 6) is 0. The molecule has 0 bridgehead atoms. The Kier molecular flexibility index (Phi) is 9.27. The first-order valence-electron chi connectivity index (χ1n) is 13.0. The summed E-state index contributed by atoms with van der Waals surface area (Å²) in [5.41, 5.74) is 0.429. The van der Waals surface area contributed by atoms with Crippen molar-refractivity contribution in [3.05, 3.63) is 35.4 Å². The maximum atomic E-state index is 13.1. The van der Waals surface area contributed by atoms with Gasteiger partial charge in [-0.05, 0) is 69.6 Å². The van der Waals surface area contributed by atoms with E-state index in [1.807, 2.05) is 0 Å². The number of hydrogen-bond acceptors (Lipinski definition) is 5. The van der Waals surface area contributed by atoms with Crippen LogP contribution in [-0.2, 0) is 10.9 Å². The van der Waals surface area contributed by atoms with Crippen LogP contribution in [-0.4, -0.2) is 105 Å². The molecule has 0 radical (unpaired) electrons. The summed E-state index contributed by atoms with van der Waals surface area (Å²) in [7, 11) is 1.73. The molecule has 1 aromatic carbocycles. The maximum absolute atomic E-state index is 13.1. The van der Waals surface area contributed by atoms with E-state index in [2.05, 4.69) is 19.6 Å². The molecule has 5 nitrogen and oxygen atoms in total. The highest BCUT2D eigenvalue weighted by atomic mass is 19.4. The van der Waals surface area contributed by atoms with Crippen molar-refractivity contribution in [2.24, 2.45) is 0 Å². The third-order valence-corrected chi connectivity index (χ3v) is 7.98. The van der Waals surface area contributed by atoms with Gasteiger partial charge in [0.2, 0.25) is 0 Å². The summed E-state index contributed by atoms with van der Waals surface area (Å²) in [5, 5.41) is 0. The Balaban J connectivity index is 1.40. The highest BCUT2D eigenvalue weighted by molar-refractivity contribution is 5.27. The molecular formula is C26H41F3N4O. The summed E-state index contributed by atoms with van der Waals surface area (Å²) in [4.78, 5) is 10.1. The lowest BCUT2D eigenvalue weighted by atomic mass is 9.97. The number of alkyl halides is 3. The van der Waals surface area contributed by atoms with Crippen molar-refractivity contribution in [2.75, 3.05) is 79.2 Å². The Morgan fingerprint density at radius 3 is 2.09 bits per heavy atom. The van der Waals surface area contributed by atoms with Gasteiger partial charge in [-0.15, -0.1) is 0 Å². The number of methoxy groups -OCH3 is 1. The molecule has 0 amide bonds. The lowest BCUT2D eigenvalue weighted by Crippen LogP contribution is -2.52. The van der Waals surface area contributed by atoms with Crippen molar-refractivity contribution in [1.29, 1.82) is 0 Å². The zero-order valence-corrected chi connectivity index (χ0v) is 20.6. The zero-order chi connectivity index (χ0) is 24.0. The van der Waals surface area contributed by atoms with E-state index in [4.69, 9.17) is 4.74 Å². The van der Waals surface area contributed by atoms with Gasteiger partial charge in [-0.1, -0.05) is 18.6 Å². The molecule has 34 heavy (non-hydrogen) atoms. The Morgan fingerprint density at radius 1 is 0.853 bits per heavy atom. The van der Waals surface area contributed by atoms with E-state index in [1.54, 1.807) is 19.2 Å². The molecular weight excluding hydrogens is 441 g/mol. The fourth-order valence-electron chi connectivity index (χ4n) is 5.84. The summed E-state index contributed by atoms with van der Waals surface area (Å²) < 4.78 is 44.7. The van der Waals surface area contributed by atoms with Crippen LogP contribution in [0.25, 0.3) is 0 Å². The first kappa shape index (κ1) is 25.9. The van der Waals surface area contributed by atoms with Crippen molar-refractivity contribution in [3.8, 4) is 0 Å². The van der Waals surface area contributed by atoms with Crippen molar-refractivity contribution >= 4 is 0 Å². The van der Waals surface area contributed by atoms with Crippen LogP contribution >= 0.6 is 0 Å². The molecule has 3 saturated heterocycles. The Hall–Kier alpha value is -1.19. The van der Waals surface area contributed by atoms with Crippen molar-refractivity contribution in [2.45, 2.75) is 50.4 Å². The summed E-state index contributed by atoms with van der Waals surface area (Å²) in [6.07, 6.45) is 2.12. The lowest BCUT2D eigenvalue weighted by Gasteiger charge is -2.44. The number of piperidine rings is 2. The normalized spacial score (nSPS) is 23.9. The standard InChI is InChI=1S/C26H41F3N4O/c1-34-20-19-30-15-17-33(18-16-30)25(22-5-7-23(8-6-22)26(27,28)29)21-31-13-9-24(10-14-31)32-11-3-2-4-12-32/h5-8,24-25H,2-4,9-21H2,1H3. The number of piperazine rings is 1. The van der Waals surface area contributed by atoms with Gasteiger partial charge in [0, 0.05) is 58.5 Å². The number of halogens is 3. The molecule has 0 aromatic heterocycles. The van der Waals surface area contributed by atoms with Crippen LogP contribution in [0.2, 0.25) is 0 Å². The molecule has 0 aliphatic carbocycles. The number of rotatable bonds is 8. The zero-order valence-electron chi connectivity index (χ0n) is 20.6. The van der Waals surface area contributed by atoms with E-state index in [1.165, 1.54) is 57.3 Å². The van der Waals surface area contributed by atoms with E-state index in [0.717, 1.165) is 64.5 Å². The number of hydrogen-bond donors (Lipinski definition) is 0. The second-order valence-electron chi connectivity index (χ2n) is 10.1. The van der Waals surface area contributed by atoms with E-state index in [0.29, 0.717) is 6.04 Å². The smallest absolute Gasteiger partial charge is 0.383 e. The second-order valence-corrected chi connectivity index (χ2v) is 10.1. The lowest BCUT2D eigenvalue weighted by molar-refractivity contribution is -0.137. The van der Waals surface area contributed by atoms with Gasteiger partial charge in [-0.2, -0.15) is 13.2 Å². The fraction of sp³-hybridized carbons (Fsp3) is 0.769. The predicted molar refractivity (Wildman–Crippen MR) is 129 cm³/mol. The molecule has 3 fully saturated rings. The molecule has 0 N–H and O–H groups in total. The predicted octanol–water partition coefficient (Wildman–Crippen LogP) is 3.96. The first-order valence-corrected chi connectivity index (χ1v) is 13.0. The van der Waals surface area contributed by atoms with Gasteiger partial charge in [0.1, 0.15) is 0 Å². The Labute approximate surface area is 202 Å². The molecule has 3 heterocycles. The van der Waals surface area contributed by atoms with Crippen LogP contribution in [0.1, 0.15) is 49.3 Å². The van der Waals surface area contributed by atoms with Crippen LogP contribution in [0.4, 0.5) is 13.2 Å². The van der Waals surface area contributed by atoms with Crippen molar-refractivity contribution in [3.63, 3.8) is 0 Å². The van der Waals surface area contributed by atoms with Crippen molar-refractivity contribution < 1.29 is 17.9 Å². The molecule has 192 valence electrons. The second kappa shape index (κ2) is 12.2. The number of ether oxygens (including phenoxy) is 1. The van der Waals surface area contributed by atoms with Gasteiger partial charge < -0.3 is 14.5 Å². The summed E-state index contributed by atoms with van der Waals surface area (Å²) in [6.45, 7) is 11.0. The highest BCUT2D eigenvalue weighted by Gasteiger charge is 2.33. The first-order chi connectivity index (χ1) is 16.4. The van der Waals surface area contributed by atoms with Crippen LogP contribution in [0, 0.1) is 0 Å². The molecule has 1 unspecified atom stereocenters. The van der Waals surface area contributed by atoms with Gasteiger partial charge in [-0.3, -0.25) is 9.80 Å². The van der Waals surface area contributed by atoms with E-state index >= 15 is 0 Å². The maximum Gasteiger partial charge on any atom is 0.416 e. The van der Waals surface area contributed by atoms with Gasteiger partial charge in [0.25, 0.3) is 0 Å². The van der Waals surface area contributed by atoms with Gasteiger partial charge in [0.15, 0.2) is 0 Å². The number of benzene rings is 1. The number of likely N-dealkylation sites (tertiary alicyclic amines) is 2. The average Bonchev–Trinajstić information content (AvgIpc) is 2.87. The Morgan fingerprint density at radius 2 is 1.50 bits per heavy atom. The SMILES string of the molecule is COCCN1CCN(C(CN2CCC(N3CCCCC3)CC2)c2ccc(C(F)(F)F)cc2)CC1. The number of nitrogens with zero attached hydrogens (tertiary/aromatic N) is 4. The van der Waals surface area contributed by atoms with Crippen molar-refractivity contribution in [1.82, 2.24) is 19.6 Å². The monoisotopic (exact) mass is 482 g/mol. The summed E-state index contributed by atoms with van der Waals surface area (Å²) >= 11 is 0. The van der Waals surface area contributed by atoms with Gasteiger partial charge in [0.05, 0.1) is 12.2 Å².